The molecule has 1 aromatic carbocycles. The van der Waals surface area contributed by atoms with Crippen molar-refractivity contribution in [1.82, 2.24) is 4.98 Å². The molecule has 82 valence electrons. The second kappa shape index (κ2) is 4.03. The van der Waals surface area contributed by atoms with Gasteiger partial charge in [-0.2, -0.15) is 5.26 Å². The van der Waals surface area contributed by atoms with Gasteiger partial charge in [0.1, 0.15) is 0 Å². The van der Waals surface area contributed by atoms with Crippen LogP contribution in [0.1, 0.15) is 27.9 Å². The molecule has 0 fully saturated rings. The predicted molar refractivity (Wildman–Crippen MR) is 65.6 cm³/mol. The van der Waals surface area contributed by atoms with Gasteiger partial charge in [-0.15, -0.1) is 0 Å². The number of rotatable bonds is 0. The van der Waals surface area contributed by atoms with Gasteiger partial charge in [0.15, 0.2) is 0 Å². The maximum atomic E-state index is 9.14. The van der Waals surface area contributed by atoms with E-state index in [4.69, 9.17) is 5.26 Å². The van der Waals surface area contributed by atoms with E-state index in [0.717, 1.165) is 24.8 Å². The van der Waals surface area contributed by atoms with Gasteiger partial charge < -0.3 is 0 Å². The number of aryl methyl sites for hydroxylation is 1. The lowest BCUT2D eigenvalue weighted by atomic mass is 9.97. The Morgan fingerprint density at radius 2 is 1.94 bits per heavy atom. The lowest BCUT2D eigenvalue weighted by Gasteiger charge is -2.06. The van der Waals surface area contributed by atoms with E-state index >= 15 is 0 Å². The zero-order chi connectivity index (χ0) is 11.7. The third-order valence-corrected chi connectivity index (χ3v) is 3.37. The Balaban J connectivity index is 2.13. The van der Waals surface area contributed by atoms with Crippen molar-refractivity contribution in [2.45, 2.75) is 19.3 Å². The van der Waals surface area contributed by atoms with Crippen LogP contribution in [0.5, 0.6) is 0 Å². The van der Waals surface area contributed by atoms with Gasteiger partial charge in [-0.25, -0.2) is 0 Å². The van der Waals surface area contributed by atoms with Crippen LogP contribution in [-0.4, -0.2) is 4.98 Å². The molecule has 1 aromatic heterocycles. The summed E-state index contributed by atoms with van der Waals surface area (Å²) in [5, 5.41) is 9.14. The number of benzene rings is 1. The van der Waals surface area contributed by atoms with Gasteiger partial charge >= 0.3 is 0 Å². The van der Waals surface area contributed by atoms with Gasteiger partial charge in [0.05, 0.1) is 11.6 Å². The molecule has 2 heteroatoms. The minimum absolute atomic E-state index is 0.815. The summed E-state index contributed by atoms with van der Waals surface area (Å²) >= 11 is 0. The first-order chi connectivity index (χ1) is 8.38. The van der Waals surface area contributed by atoms with Crippen LogP contribution >= 0.6 is 0 Å². The molecule has 0 spiro atoms. The first-order valence-electron chi connectivity index (χ1n) is 5.82. The molecule has 0 saturated heterocycles. The molecule has 1 aliphatic rings. The van der Waals surface area contributed by atoms with E-state index in [1.54, 1.807) is 0 Å². The molecular formula is C15H12N2. The fourth-order valence-electron chi connectivity index (χ4n) is 2.51. The average molecular weight is 220 g/mol. The summed E-state index contributed by atoms with van der Waals surface area (Å²) in [5.41, 5.74) is 5.76. The molecule has 2 aromatic rings. The summed E-state index contributed by atoms with van der Waals surface area (Å²) in [5.74, 6) is 0. The van der Waals surface area contributed by atoms with E-state index in [1.165, 1.54) is 22.4 Å². The summed E-state index contributed by atoms with van der Waals surface area (Å²) in [4.78, 5) is 4.43. The number of pyridine rings is 1. The molecule has 0 radical (unpaired) electrons. The minimum Gasteiger partial charge on any atom is -0.261 e. The molecule has 1 aliphatic carbocycles. The maximum absolute atomic E-state index is 9.14. The molecule has 0 atom stereocenters. The summed E-state index contributed by atoms with van der Waals surface area (Å²) < 4.78 is 0. The summed E-state index contributed by atoms with van der Waals surface area (Å²) in [6.07, 6.45) is 4.60. The monoisotopic (exact) mass is 220 g/mol. The van der Waals surface area contributed by atoms with Crippen molar-refractivity contribution < 1.29 is 0 Å². The Bertz CT molecular complexity index is 609. The molecule has 0 amide bonds. The number of fused-ring (bicyclic) bond motifs is 2. The SMILES string of the molecule is N#Cc1cccc2c1CCc1ncccc1C2. The molecule has 0 unspecified atom stereocenters. The smallest absolute Gasteiger partial charge is 0.0994 e. The Morgan fingerprint density at radius 3 is 2.82 bits per heavy atom. The predicted octanol–water partition coefficient (Wildman–Crippen LogP) is 2.64. The Morgan fingerprint density at radius 1 is 1.06 bits per heavy atom. The second-order valence-corrected chi connectivity index (χ2v) is 4.34. The molecule has 0 N–H and O–H groups in total. The average Bonchev–Trinajstić information content (AvgIpc) is 2.57. The third-order valence-electron chi connectivity index (χ3n) is 3.37. The highest BCUT2D eigenvalue weighted by Gasteiger charge is 2.15. The summed E-state index contributed by atoms with van der Waals surface area (Å²) in [6.45, 7) is 0. The van der Waals surface area contributed by atoms with Crippen molar-refractivity contribution in [3.63, 3.8) is 0 Å². The molecule has 0 saturated carbocycles. The Labute approximate surface area is 101 Å². The lowest BCUT2D eigenvalue weighted by molar-refractivity contribution is 0.913. The van der Waals surface area contributed by atoms with Crippen LogP contribution < -0.4 is 0 Å². The van der Waals surface area contributed by atoms with Crippen LogP contribution in [0.25, 0.3) is 0 Å². The van der Waals surface area contributed by atoms with Gasteiger partial charge in [-0.3, -0.25) is 4.98 Å². The van der Waals surface area contributed by atoms with Crippen LogP contribution in [0.2, 0.25) is 0 Å². The van der Waals surface area contributed by atoms with E-state index in [0.29, 0.717) is 0 Å². The van der Waals surface area contributed by atoms with Gasteiger partial charge in [0.2, 0.25) is 0 Å². The van der Waals surface area contributed by atoms with Gasteiger partial charge in [0.25, 0.3) is 0 Å². The maximum Gasteiger partial charge on any atom is 0.0994 e. The third kappa shape index (κ3) is 1.70. The number of nitriles is 1. The topological polar surface area (TPSA) is 36.7 Å². The zero-order valence-electron chi connectivity index (χ0n) is 9.48. The fraction of sp³-hybridized carbons (Fsp3) is 0.200. The van der Waals surface area contributed by atoms with Gasteiger partial charge in [-0.1, -0.05) is 18.2 Å². The first-order valence-corrected chi connectivity index (χ1v) is 5.82. The minimum atomic E-state index is 0.815. The molecule has 0 aliphatic heterocycles. The number of aromatic nitrogens is 1. The molecular weight excluding hydrogens is 208 g/mol. The fourth-order valence-corrected chi connectivity index (χ4v) is 2.51. The highest BCUT2D eigenvalue weighted by Crippen LogP contribution is 2.25. The number of hydrogen-bond donors (Lipinski definition) is 0. The van der Waals surface area contributed by atoms with E-state index in [1.807, 2.05) is 24.4 Å². The van der Waals surface area contributed by atoms with E-state index in [9.17, 15) is 0 Å². The summed E-state index contributed by atoms with van der Waals surface area (Å²) in [7, 11) is 0. The summed E-state index contributed by atoms with van der Waals surface area (Å²) in [6, 6.07) is 12.4. The second-order valence-electron chi connectivity index (χ2n) is 4.34. The van der Waals surface area contributed by atoms with E-state index in [-0.39, 0.29) is 0 Å². The molecule has 17 heavy (non-hydrogen) atoms. The lowest BCUT2D eigenvalue weighted by Crippen LogP contribution is -1.96. The Hall–Kier alpha value is -2.14. The van der Waals surface area contributed by atoms with Crippen molar-refractivity contribution in [2.24, 2.45) is 0 Å². The number of nitrogens with zero attached hydrogens (tertiary/aromatic N) is 2. The highest BCUT2D eigenvalue weighted by molar-refractivity contribution is 5.47. The number of hydrogen-bond acceptors (Lipinski definition) is 2. The largest absolute Gasteiger partial charge is 0.261 e. The van der Waals surface area contributed by atoms with Gasteiger partial charge in [0, 0.05) is 11.9 Å². The molecule has 3 rings (SSSR count). The van der Waals surface area contributed by atoms with Crippen molar-refractivity contribution in [1.29, 1.82) is 5.26 Å². The Kier molecular flexibility index (Phi) is 2.38. The first kappa shape index (κ1) is 10.0. The molecule has 2 nitrogen and oxygen atoms in total. The standard InChI is InChI=1S/C15H12N2/c16-10-13-4-1-3-11-9-12-5-2-8-17-15(12)7-6-14(11)13/h1-5,8H,6-7,9H2. The zero-order valence-corrected chi connectivity index (χ0v) is 9.48. The van der Waals surface area contributed by atoms with Crippen molar-refractivity contribution in [2.75, 3.05) is 0 Å². The molecule has 0 bridgehead atoms. The van der Waals surface area contributed by atoms with Crippen LogP contribution in [0.3, 0.4) is 0 Å². The van der Waals surface area contributed by atoms with Crippen LogP contribution in [0.15, 0.2) is 36.5 Å². The quantitative estimate of drug-likeness (QED) is 0.684. The van der Waals surface area contributed by atoms with E-state index in [2.05, 4.69) is 23.2 Å². The van der Waals surface area contributed by atoms with Gasteiger partial charge in [-0.05, 0) is 48.1 Å². The normalized spacial score (nSPS) is 13.1. The van der Waals surface area contributed by atoms with E-state index < -0.39 is 0 Å². The van der Waals surface area contributed by atoms with Crippen molar-refractivity contribution in [3.8, 4) is 6.07 Å². The van der Waals surface area contributed by atoms with Crippen LogP contribution in [0.4, 0.5) is 0 Å². The molecule has 1 heterocycles. The van der Waals surface area contributed by atoms with Crippen molar-refractivity contribution >= 4 is 0 Å². The van der Waals surface area contributed by atoms with Crippen molar-refractivity contribution in [3.05, 3.63) is 64.5 Å². The van der Waals surface area contributed by atoms with Crippen LogP contribution in [-0.2, 0) is 19.3 Å². The highest BCUT2D eigenvalue weighted by atomic mass is 14.7. The van der Waals surface area contributed by atoms with Crippen LogP contribution in [0, 0.1) is 11.3 Å².